The normalized spacial score (nSPS) is 10.9. The van der Waals surface area contributed by atoms with E-state index >= 15 is 0 Å². The maximum atomic E-state index is 14.9. The number of rotatable bonds is 10. The molecule has 0 atom stereocenters. The van der Waals surface area contributed by atoms with Crippen molar-refractivity contribution < 1.29 is 22.6 Å². The number of hydrogen-bond donors (Lipinski definition) is 0. The van der Waals surface area contributed by atoms with Gasteiger partial charge in [0, 0.05) is 17.2 Å². The van der Waals surface area contributed by atoms with Gasteiger partial charge in [-0.3, -0.25) is 0 Å². The van der Waals surface area contributed by atoms with E-state index in [9.17, 15) is 13.2 Å². The van der Waals surface area contributed by atoms with Crippen LogP contribution in [-0.4, -0.2) is 7.11 Å². The summed E-state index contributed by atoms with van der Waals surface area (Å²) in [5.41, 5.74) is 3.89. The molecule has 0 radical (unpaired) electrons. The summed E-state index contributed by atoms with van der Waals surface area (Å²) in [6, 6.07) is 22.3. The maximum absolute atomic E-state index is 14.9. The van der Waals surface area contributed by atoms with Crippen LogP contribution in [-0.2, 0) is 13.0 Å². The lowest BCUT2D eigenvalue weighted by Crippen LogP contribution is -2.00. The van der Waals surface area contributed by atoms with E-state index in [4.69, 9.17) is 9.47 Å². The average molecular weight is 491 g/mol. The van der Waals surface area contributed by atoms with Crippen LogP contribution in [0.25, 0.3) is 22.3 Å². The van der Waals surface area contributed by atoms with Crippen molar-refractivity contribution in [2.45, 2.75) is 39.2 Å². The van der Waals surface area contributed by atoms with Gasteiger partial charge in [0.1, 0.15) is 18.2 Å². The molecule has 0 aliphatic rings. The van der Waals surface area contributed by atoms with E-state index in [1.165, 1.54) is 37.3 Å². The minimum absolute atomic E-state index is 0.0491. The Balaban J connectivity index is 1.42. The minimum Gasteiger partial charge on any atom is -0.497 e. The molecule has 0 unspecified atom stereocenters. The van der Waals surface area contributed by atoms with Gasteiger partial charge in [0.2, 0.25) is 5.82 Å². The first-order valence-corrected chi connectivity index (χ1v) is 12.1. The van der Waals surface area contributed by atoms with Gasteiger partial charge in [0.15, 0.2) is 11.6 Å². The first-order valence-electron chi connectivity index (χ1n) is 12.1. The molecule has 0 bridgehead atoms. The molecule has 5 heteroatoms. The highest BCUT2D eigenvalue weighted by Crippen LogP contribution is 2.31. The van der Waals surface area contributed by atoms with Crippen LogP contribution < -0.4 is 9.47 Å². The molecule has 0 aromatic heterocycles. The largest absolute Gasteiger partial charge is 0.497 e. The summed E-state index contributed by atoms with van der Waals surface area (Å²) in [5, 5.41) is 0. The number of unbranched alkanes of at least 4 members (excludes halogenated alkanes) is 2. The second kappa shape index (κ2) is 11.8. The fourth-order valence-electron chi connectivity index (χ4n) is 4.09. The molecule has 4 rings (SSSR count). The Morgan fingerprint density at radius 1 is 0.667 bits per heavy atom. The monoisotopic (exact) mass is 490 g/mol. The van der Waals surface area contributed by atoms with E-state index in [2.05, 4.69) is 6.92 Å². The van der Waals surface area contributed by atoms with Crippen molar-refractivity contribution in [1.82, 2.24) is 0 Å². The number of hydrogen-bond acceptors (Lipinski definition) is 2. The predicted octanol–water partition coefficient (Wildman–Crippen LogP) is 8.76. The molecule has 0 saturated carbocycles. The highest BCUT2D eigenvalue weighted by molar-refractivity contribution is 5.66. The highest BCUT2D eigenvalue weighted by atomic mass is 19.2. The maximum Gasteiger partial charge on any atom is 0.201 e. The van der Waals surface area contributed by atoms with Crippen LogP contribution in [0, 0.1) is 17.5 Å². The van der Waals surface area contributed by atoms with Gasteiger partial charge in [-0.05, 0) is 59.4 Å². The van der Waals surface area contributed by atoms with Gasteiger partial charge in [0.05, 0.1) is 7.11 Å². The number of methoxy groups -OCH3 is 1. The Morgan fingerprint density at radius 2 is 1.31 bits per heavy atom. The minimum atomic E-state index is -1.02. The molecule has 0 N–H and O–H groups in total. The fourth-order valence-corrected chi connectivity index (χ4v) is 4.09. The zero-order valence-corrected chi connectivity index (χ0v) is 20.5. The van der Waals surface area contributed by atoms with Gasteiger partial charge in [-0.1, -0.05) is 68.3 Å². The van der Waals surface area contributed by atoms with Gasteiger partial charge >= 0.3 is 0 Å². The van der Waals surface area contributed by atoms with E-state index in [-0.39, 0.29) is 23.7 Å². The van der Waals surface area contributed by atoms with Crippen LogP contribution >= 0.6 is 0 Å². The summed E-state index contributed by atoms with van der Waals surface area (Å²) in [6.07, 6.45) is 4.43. The third kappa shape index (κ3) is 5.91. The van der Waals surface area contributed by atoms with Gasteiger partial charge in [-0.25, -0.2) is 8.78 Å². The number of aryl methyl sites for hydroxylation is 1. The number of ether oxygens (including phenoxy) is 2. The number of halogens is 3. The molecule has 4 aromatic carbocycles. The zero-order valence-electron chi connectivity index (χ0n) is 20.5. The van der Waals surface area contributed by atoms with E-state index in [0.29, 0.717) is 22.4 Å². The number of benzene rings is 4. The van der Waals surface area contributed by atoms with E-state index in [1.54, 1.807) is 36.4 Å². The molecule has 186 valence electrons. The van der Waals surface area contributed by atoms with Crippen LogP contribution in [0.2, 0.25) is 0 Å². The lowest BCUT2D eigenvalue weighted by molar-refractivity contribution is 0.285. The van der Waals surface area contributed by atoms with Crippen molar-refractivity contribution >= 4 is 0 Å². The van der Waals surface area contributed by atoms with E-state index in [0.717, 1.165) is 24.8 Å². The average Bonchev–Trinajstić information content (AvgIpc) is 2.90. The summed E-state index contributed by atoms with van der Waals surface area (Å²) in [4.78, 5) is 0. The first kappa shape index (κ1) is 25.4. The Kier molecular flexibility index (Phi) is 8.32. The Morgan fingerprint density at radius 3 is 1.94 bits per heavy atom. The summed E-state index contributed by atoms with van der Waals surface area (Å²) in [5.74, 6) is -2.05. The molecule has 0 fully saturated rings. The Bertz CT molecular complexity index is 1300. The van der Waals surface area contributed by atoms with Crippen molar-refractivity contribution in [2.75, 3.05) is 7.11 Å². The molecule has 0 aliphatic heterocycles. The van der Waals surface area contributed by atoms with Gasteiger partial charge in [0.25, 0.3) is 0 Å². The van der Waals surface area contributed by atoms with Crippen LogP contribution in [0.1, 0.15) is 37.3 Å². The Hall–Kier alpha value is -3.73. The smallest absolute Gasteiger partial charge is 0.201 e. The molecule has 2 nitrogen and oxygen atoms in total. The lowest BCUT2D eigenvalue weighted by atomic mass is 10.0. The summed E-state index contributed by atoms with van der Waals surface area (Å²) in [6.45, 7) is 2.21. The van der Waals surface area contributed by atoms with Crippen LogP contribution in [0.3, 0.4) is 0 Å². The topological polar surface area (TPSA) is 18.5 Å². The van der Waals surface area contributed by atoms with Crippen LogP contribution in [0.15, 0.2) is 78.9 Å². The molecule has 0 aliphatic carbocycles. The van der Waals surface area contributed by atoms with Gasteiger partial charge < -0.3 is 9.47 Å². The molecule has 0 amide bonds. The van der Waals surface area contributed by atoms with E-state index < -0.39 is 11.6 Å². The quantitative estimate of drug-likeness (QED) is 0.207. The summed E-state index contributed by atoms with van der Waals surface area (Å²) < 4.78 is 54.6. The summed E-state index contributed by atoms with van der Waals surface area (Å²) in [7, 11) is 1.48. The third-order valence-electron chi connectivity index (χ3n) is 6.22. The van der Waals surface area contributed by atoms with E-state index in [1.807, 2.05) is 24.3 Å². The fraction of sp³-hybridized carbons (Fsp3) is 0.226. The SMILES string of the molecule is CCCCCc1ccc(-c2ccc(OCc3ccc(-c4ccc(OC)cc4F)cc3)c(F)c2F)cc1. The van der Waals surface area contributed by atoms with Gasteiger partial charge in [-0.2, -0.15) is 4.39 Å². The molecule has 36 heavy (non-hydrogen) atoms. The molecular weight excluding hydrogens is 461 g/mol. The summed E-state index contributed by atoms with van der Waals surface area (Å²) >= 11 is 0. The molecule has 0 heterocycles. The lowest BCUT2D eigenvalue weighted by Gasteiger charge is -2.12. The first-order chi connectivity index (χ1) is 17.5. The molecule has 0 spiro atoms. The van der Waals surface area contributed by atoms with Crippen molar-refractivity contribution in [3.63, 3.8) is 0 Å². The van der Waals surface area contributed by atoms with Gasteiger partial charge in [-0.15, -0.1) is 0 Å². The standard InChI is InChI=1S/C31H29F3O2/c1-3-4-5-6-21-7-11-24(12-8-21)27-17-18-29(31(34)30(27)33)36-20-22-9-13-23(14-10-22)26-16-15-25(35-2)19-28(26)32/h7-19H,3-6,20H2,1-2H3. The van der Waals surface area contributed by atoms with Crippen LogP contribution in [0.5, 0.6) is 11.5 Å². The second-order valence-corrected chi connectivity index (χ2v) is 8.72. The van der Waals surface area contributed by atoms with Crippen molar-refractivity contribution in [3.8, 4) is 33.8 Å². The Labute approximate surface area is 210 Å². The zero-order chi connectivity index (χ0) is 25.5. The van der Waals surface area contributed by atoms with Crippen molar-refractivity contribution in [2.24, 2.45) is 0 Å². The third-order valence-corrected chi connectivity index (χ3v) is 6.22. The predicted molar refractivity (Wildman–Crippen MR) is 138 cm³/mol. The molecule has 0 saturated heterocycles. The molecule has 4 aromatic rings. The van der Waals surface area contributed by atoms with Crippen molar-refractivity contribution in [1.29, 1.82) is 0 Å². The highest BCUT2D eigenvalue weighted by Gasteiger charge is 2.16. The second-order valence-electron chi connectivity index (χ2n) is 8.72. The molecular formula is C31H29F3O2. The van der Waals surface area contributed by atoms with Crippen LogP contribution in [0.4, 0.5) is 13.2 Å². The van der Waals surface area contributed by atoms with Crippen molar-refractivity contribution in [3.05, 3.63) is 107 Å².